The van der Waals surface area contributed by atoms with Gasteiger partial charge in [0.05, 0.1) is 4.90 Å². The van der Waals surface area contributed by atoms with Gasteiger partial charge in [0.2, 0.25) is 10.0 Å². The first kappa shape index (κ1) is 13.7. The van der Waals surface area contributed by atoms with Crippen LogP contribution < -0.4 is 10.5 Å². The van der Waals surface area contributed by atoms with Crippen LogP contribution in [0.4, 0.5) is 0 Å². The molecule has 0 unspecified atom stereocenters. The molecule has 3 N–H and O–H groups in total. The van der Waals surface area contributed by atoms with E-state index in [4.69, 9.17) is 5.73 Å². The van der Waals surface area contributed by atoms with E-state index in [0.717, 1.165) is 4.88 Å². The Labute approximate surface area is 115 Å². The first-order valence-corrected chi connectivity index (χ1v) is 8.52. The highest BCUT2D eigenvalue weighted by molar-refractivity contribution is 7.89. The molecule has 0 radical (unpaired) electrons. The van der Waals surface area contributed by atoms with Gasteiger partial charge in [-0.1, -0.05) is 0 Å². The fraction of sp³-hybridized carbons (Fsp3) is 0.273. The highest BCUT2D eigenvalue weighted by Gasteiger charge is 2.18. The minimum Gasteiger partial charge on any atom is -0.326 e. The van der Waals surface area contributed by atoms with Gasteiger partial charge in [-0.25, -0.2) is 13.1 Å². The molecule has 2 rings (SSSR count). The van der Waals surface area contributed by atoms with Gasteiger partial charge in [0.25, 0.3) is 0 Å². The van der Waals surface area contributed by atoms with Crippen LogP contribution in [0.5, 0.6) is 0 Å². The topological polar surface area (TPSA) is 72.2 Å². The summed E-state index contributed by atoms with van der Waals surface area (Å²) in [4.78, 5) is 3.15. The number of sulfonamides is 1. The van der Waals surface area contributed by atoms with E-state index < -0.39 is 10.0 Å². The zero-order valence-electron chi connectivity index (χ0n) is 9.84. The monoisotopic (exact) mass is 302 g/mol. The number of aryl methyl sites for hydroxylation is 1. The Morgan fingerprint density at radius 2 is 2.11 bits per heavy atom. The highest BCUT2D eigenvalue weighted by atomic mass is 32.2. The van der Waals surface area contributed by atoms with Crippen molar-refractivity contribution in [3.05, 3.63) is 38.2 Å². The lowest BCUT2D eigenvalue weighted by Crippen LogP contribution is -2.23. The van der Waals surface area contributed by atoms with Crippen LogP contribution >= 0.6 is 22.7 Å². The molecule has 0 aliphatic carbocycles. The SMILES string of the molecule is Cc1ccc(CNS(=O)(=O)c2ccsc2CN)s1. The maximum atomic E-state index is 12.1. The van der Waals surface area contributed by atoms with Gasteiger partial charge in [-0.2, -0.15) is 0 Å². The number of rotatable bonds is 5. The van der Waals surface area contributed by atoms with E-state index in [1.165, 1.54) is 16.2 Å². The summed E-state index contributed by atoms with van der Waals surface area (Å²) in [6.07, 6.45) is 0. The Hall–Kier alpha value is -0.730. The fourth-order valence-electron chi connectivity index (χ4n) is 1.54. The van der Waals surface area contributed by atoms with E-state index in [-0.39, 0.29) is 6.54 Å². The van der Waals surface area contributed by atoms with Gasteiger partial charge in [0, 0.05) is 27.7 Å². The summed E-state index contributed by atoms with van der Waals surface area (Å²) in [6.45, 7) is 2.56. The van der Waals surface area contributed by atoms with E-state index in [1.54, 1.807) is 22.8 Å². The fourth-order valence-corrected chi connectivity index (χ4v) is 4.80. The third-order valence-electron chi connectivity index (χ3n) is 2.41. The molecule has 2 aromatic rings. The molecule has 2 heterocycles. The van der Waals surface area contributed by atoms with Crippen molar-refractivity contribution in [1.29, 1.82) is 0 Å². The molecule has 0 aliphatic heterocycles. The number of nitrogens with two attached hydrogens (primary N) is 1. The Morgan fingerprint density at radius 1 is 1.33 bits per heavy atom. The second kappa shape index (κ2) is 5.50. The molecule has 0 saturated carbocycles. The molecule has 0 aliphatic rings. The molecular formula is C11H14N2O2S3. The van der Waals surface area contributed by atoms with Gasteiger partial charge in [-0.15, -0.1) is 22.7 Å². The van der Waals surface area contributed by atoms with Gasteiger partial charge in [0.15, 0.2) is 0 Å². The van der Waals surface area contributed by atoms with Crippen LogP contribution in [-0.4, -0.2) is 8.42 Å². The molecule has 0 spiro atoms. The molecule has 98 valence electrons. The first-order chi connectivity index (χ1) is 8.53. The summed E-state index contributed by atoms with van der Waals surface area (Å²) in [5, 5.41) is 1.74. The van der Waals surface area contributed by atoms with E-state index in [0.29, 0.717) is 16.3 Å². The normalized spacial score (nSPS) is 11.9. The molecule has 4 nitrogen and oxygen atoms in total. The molecule has 0 aromatic carbocycles. The number of hydrogen-bond donors (Lipinski definition) is 2. The van der Waals surface area contributed by atoms with Crippen LogP contribution in [0.2, 0.25) is 0 Å². The molecular weight excluding hydrogens is 288 g/mol. The van der Waals surface area contributed by atoms with Crippen molar-refractivity contribution in [2.45, 2.75) is 24.9 Å². The quantitative estimate of drug-likeness (QED) is 0.888. The Morgan fingerprint density at radius 3 is 2.72 bits per heavy atom. The van der Waals surface area contributed by atoms with E-state index in [2.05, 4.69) is 4.72 Å². The summed E-state index contributed by atoms with van der Waals surface area (Å²) in [6, 6.07) is 5.50. The van der Waals surface area contributed by atoms with Gasteiger partial charge in [-0.05, 0) is 30.5 Å². The Bertz CT molecular complexity index is 628. The van der Waals surface area contributed by atoms with Gasteiger partial charge >= 0.3 is 0 Å². The predicted octanol–water partition coefficient (Wildman–Crippen LogP) is 2.06. The summed E-state index contributed by atoms with van der Waals surface area (Å²) in [5.41, 5.74) is 5.52. The van der Waals surface area contributed by atoms with Crippen LogP contribution in [-0.2, 0) is 23.1 Å². The average Bonchev–Trinajstić information content (AvgIpc) is 2.95. The summed E-state index contributed by atoms with van der Waals surface area (Å²) in [7, 11) is -3.46. The van der Waals surface area contributed by atoms with Crippen molar-refractivity contribution in [1.82, 2.24) is 4.72 Å². The van der Waals surface area contributed by atoms with Gasteiger partial charge < -0.3 is 5.73 Å². The Balaban J connectivity index is 2.13. The molecule has 7 heteroatoms. The lowest BCUT2D eigenvalue weighted by molar-refractivity contribution is 0.581. The zero-order valence-corrected chi connectivity index (χ0v) is 12.3. The molecule has 0 bridgehead atoms. The second-order valence-electron chi connectivity index (χ2n) is 3.75. The number of hydrogen-bond acceptors (Lipinski definition) is 5. The van der Waals surface area contributed by atoms with E-state index >= 15 is 0 Å². The summed E-state index contributed by atoms with van der Waals surface area (Å²) in [5.74, 6) is 0. The maximum Gasteiger partial charge on any atom is 0.242 e. The van der Waals surface area contributed by atoms with E-state index in [9.17, 15) is 8.42 Å². The predicted molar refractivity (Wildman–Crippen MR) is 75.3 cm³/mol. The van der Waals surface area contributed by atoms with Gasteiger partial charge in [0.1, 0.15) is 0 Å². The highest BCUT2D eigenvalue weighted by Crippen LogP contribution is 2.22. The lowest BCUT2D eigenvalue weighted by Gasteiger charge is -2.05. The van der Waals surface area contributed by atoms with Gasteiger partial charge in [-0.3, -0.25) is 0 Å². The largest absolute Gasteiger partial charge is 0.326 e. The Kier molecular flexibility index (Phi) is 4.18. The van der Waals surface area contributed by atoms with Crippen molar-refractivity contribution in [3.8, 4) is 0 Å². The smallest absolute Gasteiger partial charge is 0.242 e. The first-order valence-electron chi connectivity index (χ1n) is 5.34. The average molecular weight is 302 g/mol. The number of nitrogens with one attached hydrogen (secondary N) is 1. The standard InChI is InChI=1S/C11H14N2O2S3/c1-8-2-3-9(17-8)7-13-18(14,15)11-4-5-16-10(11)6-12/h2-5,13H,6-7,12H2,1H3. The molecule has 18 heavy (non-hydrogen) atoms. The van der Waals surface area contributed by atoms with Crippen LogP contribution in [0.25, 0.3) is 0 Å². The van der Waals surface area contributed by atoms with E-state index in [1.807, 2.05) is 19.1 Å². The van der Waals surface area contributed by atoms with Crippen LogP contribution in [0.15, 0.2) is 28.5 Å². The van der Waals surface area contributed by atoms with Crippen molar-refractivity contribution in [3.63, 3.8) is 0 Å². The lowest BCUT2D eigenvalue weighted by atomic mass is 10.4. The maximum absolute atomic E-state index is 12.1. The van der Waals surface area contributed by atoms with Crippen LogP contribution in [0.1, 0.15) is 14.6 Å². The van der Waals surface area contributed by atoms with Crippen LogP contribution in [0, 0.1) is 6.92 Å². The third kappa shape index (κ3) is 2.99. The molecule has 0 fully saturated rings. The molecule has 0 saturated heterocycles. The van der Waals surface area contributed by atoms with Crippen molar-refractivity contribution < 1.29 is 8.42 Å². The molecule has 2 aromatic heterocycles. The number of thiophene rings is 2. The summed E-state index contributed by atoms with van der Waals surface area (Å²) < 4.78 is 26.8. The minimum atomic E-state index is -3.46. The minimum absolute atomic E-state index is 0.242. The second-order valence-corrected chi connectivity index (χ2v) is 7.86. The molecule has 0 atom stereocenters. The van der Waals surface area contributed by atoms with Crippen molar-refractivity contribution in [2.24, 2.45) is 5.73 Å². The third-order valence-corrected chi connectivity index (χ3v) is 5.97. The van der Waals surface area contributed by atoms with Crippen LogP contribution in [0.3, 0.4) is 0 Å². The zero-order chi connectivity index (χ0) is 13.2. The van der Waals surface area contributed by atoms with Crippen molar-refractivity contribution in [2.75, 3.05) is 0 Å². The summed E-state index contributed by atoms with van der Waals surface area (Å²) >= 11 is 2.95. The molecule has 0 amide bonds. The van der Waals surface area contributed by atoms with Crippen molar-refractivity contribution >= 4 is 32.7 Å².